The number of hydrogen-bond donors (Lipinski definition) is 0. The van der Waals surface area contributed by atoms with Gasteiger partial charge < -0.3 is 18.6 Å². The van der Waals surface area contributed by atoms with Crippen molar-refractivity contribution in [3.8, 4) is 45.5 Å². The maximum absolute atomic E-state index is 6.69. The summed E-state index contributed by atoms with van der Waals surface area (Å²) in [6.45, 7) is 0. The molecule has 0 radical (unpaired) electrons. The third-order valence-electron chi connectivity index (χ3n) is 10.9. The van der Waals surface area contributed by atoms with Gasteiger partial charge in [0.25, 0.3) is 0 Å². The van der Waals surface area contributed by atoms with Crippen molar-refractivity contribution in [2.45, 2.75) is 0 Å². The molecule has 5 nitrogen and oxygen atoms in total. The fraction of sp³-hybridized carbons (Fsp3) is 0. The van der Waals surface area contributed by atoms with Gasteiger partial charge in [-0.2, -0.15) is 0 Å². The zero-order chi connectivity index (χ0) is 34.6. The van der Waals surface area contributed by atoms with Crippen molar-refractivity contribution in [1.82, 2.24) is 9.13 Å². The molecule has 0 spiro atoms. The van der Waals surface area contributed by atoms with Gasteiger partial charge in [-0.05, 0) is 71.8 Å². The van der Waals surface area contributed by atoms with E-state index in [1.54, 1.807) is 0 Å². The lowest BCUT2D eigenvalue weighted by Gasteiger charge is -2.38. The van der Waals surface area contributed by atoms with Crippen molar-refractivity contribution in [3.63, 3.8) is 0 Å². The SMILES string of the molecule is c1ccc(-n2c3ccccc3c3c(-c4cccc5c4c4ccccc4n5-c4cc5c6c(c4)Oc4ccccc4N6c4ccccc4O5)cccc32)cc1. The van der Waals surface area contributed by atoms with Crippen LogP contribution in [-0.4, -0.2) is 9.13 Å². The third-order valence-corrected chi connectivity index (χ3v) is 10.9. The van der Waals surface area contributed by atoms with Gasteiger partial charge in [-0.15, -0.1) is 0 Å². The van der Waals surface area contributed by atoms with Crippen LogP contribution in [-0.2, 0) is 0 Å². The summed E-state index contributed by atoms with van der Waals surface area (Å²) in [6, 6.07) is 62.3. The maximum atomic E-state index is 6.69. The van der Waals surface area contributed by atoms with E-state index < -0.39 is 0 Å². The Kier molecular flexibility index (Phi) is 5.71. The maximum Gasteiger partial charge on any atom is 0.157 e. The first kappa shape index (κ1) is 28.5. The second kappa shape index (κ2) is 10.6. The topological polar surface area (TPSA) is 31.6 Å². The van der Waals surface area contributed by atoms with Gasteiger partial charge >= 0.3 is 0 Å². The third kappa shape index (κ3) is 3.91. The van der Waals surface area contributed by atoms with E-state index in [0.29, 0.717) is 0 Å². The highest BCUT2D eigenvalue weighted by molar-refractivity contribution is 6.22. The van der Waals surface area contributed by atoms with E-state index in [4.69, 9.17) is 9.47 Å². The largest absolute Gasteiger partial charge is 0.453 e. The molecule has 0 bridgehead atoms. The van der Waals surface area contributed by atoms with Gasteiger partial charge in [0, 0.05) is 39.4 Å². The molecule has 0 N–H and O–H groups in total. The Morgan fingerprint density at radius 2 is 0.792 bits per heavy atom. The summed E-state index contributed by atoms with van der Waals surface area (Å²) < 4.78 is 18.1. The van der Waals surface area contributed by atoms with Gasteiger partial charge in [0.1, 0.15) is 5.69 Å². The first-order chi connectivity index (χ1) is 26.3. The van der Waals surface area contributed by atoms with Crippen LogP contribution in [0.15, 0.2) is 176 Å². The minimum atomic E-state index is 0.756. The molecule has 248 valence electrons. The highest BCUT2D eigenvalue weighted by atomic mass is 16.5. The van der Waals surface area contributed by atoms with Crippen LogP contribution in [0.4, 0.5) is 17.1 Å². The van der Waals surface area contributed by atoms with Crippen molar-refractivity contribution in [3.05, 3.63) is 176 Å². The number of anilines is 3. The lowest BCUT2D eigenvalue weighted by molar-refractivity contribution is 0.445. The molecule has 4 heterocycles. The number of para-hydroxylation sites is 7. The first-order valence-corrected chi connectivity index (χ1v) is 17.9. The van der Waals surface area contributed by atoms with Crippen LogP contribution >= 0.6 is 0 Å². The molecule has 2 aliphatic rings. The number of nitrogens with zero attached hydrogens (tertiary/aromatic N) is 3. The molecule has 2 aliphatic heterocycles. The van der Waals surface area contributed by atoms with Crippen LogP contribution in [0.25, 0.3) is 66.1 Å². The van der Waals surface area contributed by atoms with Gasteiger partial charge in [0.15, 0.2) is 23.0 Å². The molecule has 0 amide bonds. The van der Waals surface area contributed by atoms with E-state index in [2.05, 4.69) is 166 Å². The summed E-state index contributed by atoms with van der Waals surface area (Å²) in [5.74, 6) is 3.14. The predicted octanol–water partition coefficient (Wildman–Crippen LogP) is 13.2. The lowest BCUT2D eigenvalue weighted by Crippen LogP contribution is -2.20. The minimum absolute atomic E-state index is 0.756. The molecule has 0 saturated heterocycles. The Hall–Kier alpha value is -7.24. The molecule has 53 heavy (non-hydrogen) atoms. The van der Waals surface area contributed by atoms with Crippen LogP contribution in [0, 0.1) is 0 Å². The van der Waals surface area contributed by atoms with Crippen molar-refractivity contribution in [2.75, 3.05) is 4.90 Å². The van der Waals surface area contributed by atoms with Gasteiger partial charge in [-0.1, -0.05) is 103 Å². The zero-order valence-electron chi connectivity index (χ0n) is 28.4. The number of rotatable bonds is 3. The molecule has 8 aromatic carbocycles. The van der Waals surface area contributed by atoms with Crippen LogP contribution < -0.4 is 14.4 Å². The van der Waals surface area contributed by atoms with E-state index in [1.165, 1.54) is 43.7 Å². The van der Waals surface area contributed by atoms with E-state index in [9.17, 15) is 0 Å². The second-order valence-electron chi connectivity index (χ2n) is 13.7. The van der Waals surface area contributed by atoms with Crippen LogP contribution in [0.2, 0.25) is 0 Å². The number of ether oxygens (including phenoxy) is 2. The molecule has 0 aliphatic carbocycles. The van der Waals surface area contributed by atoms with Gasteiger partial charge in [0.05, 0.1) is 39.1 Å². The molecule has 0 unspecified atom stereocenters. The lowest BCUT2D eigenvalue weighted by atomic mass is 9.95. The standard InChI is InChI=1S/C48H29N3O2/c1-2-14-30(15-3-1)49-36-20-6-4-16-34(36)46-32(18-12-24-40(46)49)33-19-13-25-41-47(33)35-17-5-7-21-37(35)50(41)31-28-44-48-45(29-31)53-43-27-11-9-23-39(43)51(48)38-22-8-10-26-42(38)52-44/h1-29H. The highest BCUT2D eigenvalue weighted by Crippen LogP contribution is 2.60. The summed E-state index contributed by atoms with van der Waals surface area (Å²) in [4.78, 5) is 2.27. The summed E-state index contributed by atoms with van der Waals surface area (Å²) in [5, 5.41) is 4.87. The Bertz CT molecular complexity index is 3070. The van der Waals surface area contributed by atoms with Crippen molar-refractivity contribution < 1.29 is 9.47 Å². The number of hydrogen-bond acceptors (Lipinski definition) is 3. The summed E-state index contributed by atoms with van der Waals surface area (Å²) in [7, 11) is 0. The Labute approximate surface area is 304 Å². The smallest absolute Gasteiger partial charge is 0.157 e. The van der Waals surface area contributed by atoms with E-state index in [1.807, 2.05) is 24.3 Å². The van der Waals surface area contributed by atoms with Crippen molar-refractivity contribution >= 4 is 60.7 Å². The molecule has 0 saturated carbocycles. The average molecular weight is 680 g/mol. The van der Waals surface area contributed by atoms with Gasteiger partial charge in [0.2, 0.25) is 0 Å². The monoisotopic (exact) mass is 679 g/mol. The second-order valence-corrected chi connectivity index (χ2v) is 13.7. The predicted molar refractivity (Wildman–Crippen MR) is 215 cm³/mol. The highest BCUT2D eigenvalue weighted by Gasteiger charge is 2.35. The van der Waals surface area contributed by atoms with E-state index >= 15 is 0 Å². The fourth-order valence-electron chi connectivity index (χ4n) is 8.76. The van der Waals surface area contributed by atoms with Gasteiger partial charge in [-0.25, -0.2) is 0 Å². The molecule has 0 atom stereocenters. The molecule has 2 aromatic heterocycles. The Morgan fingerprint density at radius 1 is 0.340 bits per heavy atom. The zero-order valence-corrected chi connectivity index (χ0v) is 28.4. The summed E-state index contributed by atoms with van der Waals surface area (Å²) in [6.07, 6.45) is 0. The van der Waals surface area contributed by atoms with Crippen LogP contribution in [0.5, 0.6) is 23.0 Å². The van der Waals surface area contributed by atoms with Crippen LogP contribution in [0.1, 0.15) is 0 Å². The fourth-order valence-corrected chi connectivity index (χ4v) is 8.76. The number of aromatic nitrogens is 2. The van der Waals surface area contributed by atoms with Crippen molar-refractivity contribution in [2.24, 2.45) is 0 Å². The molecule has 12 rings (SSSR count). The van der Waals surface area contributed by atoms with E-state index in [-0.39, 0.29) is 0 Å². The summed E-state index contributed by atoms with van der Waals surface area (Å²) >= 11 is 0. The minimum Gasteiger partial charge on any atom is -0.453 e. The average Bonchev–Trinajstić information content (AvgIpc) is 3.74. The first-order valence-electron chi connectivity index (χ1n) is 17.9. The Balaban J connectivity index is 1.13. The number of fused-ring (bicyclic) bond motifs is 10. The number of benzene rings is 8. The molecule has 10 aromatic rings. The van der Waals surface area contributed by atoms with Crippen LogP contribution in [0.3, 0.4) is 0 Å². The Morgan fingerprint density at radius 3 is 1.36 bits per heavy atom. The molecular formula is C48H29N3O2. The normalized spacial score (nSPS) is 12.8. The van der Waals surface area contributed by atoms with Gasteiger partial charge in [-0.3, -0.25) is 4.90 Å². The quantitative estimate of drug-likeness (QED) is 0.186. The van der Waals surface area contributed by atoms with E-state index in [0.717, 1.165) is 62.5 Å². The molecular weight excluding hydrogens is 651 g/mol. The molecule has 5 heteroatoms. The summed E-state index contributed by atoms with van der Waals surface area (Å²) in [5.41, 5.74) is 12.0. The molecule has 0 fully saturated rings. The van der Waals surface area contributed by atoms with Crippen molar-refractivity contribution in [1.29, 1.82) is 0 Å².